The van der Waals surface area contributed by atoms with Gasteiger partial charge >= 0.3 is 11.9 Å². The van der Waals surface area contributed by atoms with Crippen molar-refractivity contribution in [1.29, 1.82) is 0 Å². The van der Waals surface area contributed by atoms with E-state index in [0.717, 1.165) is 0 Å². The Hall–Kier alpha value is -1.59. The van der Waals surface area contributed by atoms with Crippen LogP contribution in [0.5, 0.6) is 0 Å². The first-order valence-electron chi connectivity index (χ1n) is 3.61. The van der Waals surface area contributed by atoms with E-state index in [-0.39, 0.29) is 19.3 Å². The molecule has 1 atom stereocenters. The van der Waals surface area contributed by atoms with Gasteiger partial charge in [-0.3, -0.25) is 9.59 Å². The molecule has 1 unspecified atom stereocenters. The van der Waals surface area contributed by atoms with Gasteiger partial charge in [0.2, 0.25) is 6.41 Å². The van der Waals surface area contributed by atoms with Crippen molar-refractivity contribution in [3.8, 4) is 0 Å². The quantitative estimate of drug-likeness (QED) is 0.419. The molecule has 0 heterocycles. The zero-order chi connectivity index (χ0) is 10.3. The molecule has 0 saturated carbocycles. The summed E-state index contributed by atoms with van der Waals surface area (Å²) in [5, 5.41) is 10.6. The second-order valence-electron chi connectivity index (χ2n) is 2.29. The van der Waals surface area contributed by atoms with Crippen LogP contribution in [-0.2, 0) is 19.1 Å². The number of ether oxygens (including phenoxy) is 1. The molecule has 0 aliphatic rings. The standard InChI is InChI=1S/C7H11NO5/c1-13-6(10)3-2-5(7(11)12)8-4-9/h4-5H,2-3H2,1H3,(H,8,9)(H,11,12). The Morgan fingerprint density at radius 3 is 2.62 bits per heavy atom. The number of rotatable bonds is 6. The van der Waals surface area contributed by atoms with Crippen LogP contribution in [0.15, 0.2) is 0 Å². The molecule has 0 aliphatic heterocycles. The van der Waals surface area contributed by atoms with E-state index in [4.69, 9.17) is 5.11 Å². The summed E-state index contributed by atoms with van der Waals surface area (Å²) in [5.74, 6) is -1.67. The number of amides is 1. The number of carbonyl (C=O) groups is 3. The van der Waals surface area contributed by atoms with E-state index in [1.54, 1.807) is 0 Å². The average Bonchev–Trinajstić information content (AvgIpc) is 2.11. The second kappa shape index (κ2) is 5.99. The Balaban J connectivity index is 3.88. The lowest BCUT2D eigenvalue weighted by Crippen LogP contribution is -2.36. The van der Waals surface area contributed by atoms with Crippen LogP contribution in [0.25, 0.3) is 0 Å². The molecule has 0 aromatic carbocycles. The Bertz CT molecular complexity index is 203. The molecule has 0 bridgehead atoms. The molecule has 0 aromatic rings. The molecule has 0 aromatic heterocycles. The summed E-state index contributed by atoms with van der Waals surface area (Å²) < 4.78 is 4.31. The van der Waals surface area contributed by atoms with Crippen molar-refractivity contribution in [2.75, 3.05) is 7.11 Å². The summed E-state index contributed by atoms with van der Waals surface area (Å²) in [6, 6.07) is -1.03. The van der Waals surface area contributed by atoms with E-state index in [9.17, 15) is 14.4 Å². The predicted molar refractivity (Wildman–Crippen MR) is 41.9 cm³/mol. The topological polar surface area (TPSA) is 92.7 Å². The molecule has 0 aliphatic carbocycles. The Morgan fingerprint density at radius 1 is 1.62 bits per heavy atom. The highest BCUT2D eigenvalue weighted by Crippen LogP contribution is 1.98. The fraction of sp³-hybridized carbons (Fsp3) is 0.571. The average molecular weight is 189 g/mol. The smallest absolute Gasteiger partial charge is 0.326 e. The molecule has 6 heteroatoms. The minimum Gasteiger partial charge on any atom is -0.480 e. The Kier molecular flexibility index (Phi) is 5.25. The van der Waals surface area contributed by atoms with E-state index >= 15 is 0 Å². The molecule has 2 N–H and O–H groups in total. The fourth-order valence-corrected chi connectivity index (χ4v) is 0.724. The number of nitrogens with one attached hydrogen (secondary N) is 1. The minimum absolute atomic E-state index is 0.0285. The highest BCUT2D eigenvalue weighted by Gasteiger charge is 2.17. The van der Waals surface area contributed by atoms with Gasteiger partial charge < -0.3 is 15.2 Å². The zero-order valence-electron chi connectivity index (χ0n) is 7.15. The number of hydrogen-bond donors (Lipinski definition) is 2. The van der Waals surface area contributed by atoms with E-state index in [1.165, 1.54) is 7.11 Å². The third-order valence-corrected chi connectivity index (χ3v) is 1.43. The van der Waals surface area contributed by atoms with Crippen LogP contribution in [0.4, 0.5) is 0 Å². The summed E-state index contributed by atoms with van der Waals surface area (Å²) in [6.45, 7) is 0. The maximum absolute atomic E-state index is 10.6. The van der Waals surface area contributed by atoms with E-state index in [2.05, 4.69) is 10.1 Å². The van der Waals surface area contributed by atoms with E-state index < -0.39 is 18.0 Å². The van der Waals surface area contributed by atoms with Crippen molar-refractivity contribution < 1.29 is 24.2 Å². The summed E-state index contributed by atoms with van der Waals surface area (Å²) in [7, 11) is 1.21. The normalized spacial score (nSPS) is 11.5. The van der Waals surface area contributed by atoms with Crippen molar-refractivity contribution in [3.63, 3.8) is 0 Å². The third-order valence-electron chi connectivity index (χ3n) is 1.43. The van der Waals surface area contributed by atoms with Gasteiger partial charge in [-0.15, -0.1) is 0 Å². The first kappa shape index (κ1) is 11.4. The SMILES string of the molecule is COC(=O)CCC(NC=O)C(=O)O. The lowest BCUT2D eigenvalue weighted by Gasteiger charge is -2.09. The van der Waals surface area contributed by atoms with Gasteiger partial charge in [0, 0.05) is 6.42 Å². The van der Waals surface area contributed by atoms with Crippen molar-refractivity contribution in [2.45, 2.75) is 18.9 Å². The zero-order valence-corrected chi connectivity index (χ0v) is 7.15. The molecule has 1 amide bonds. The van der Waals surface area contributed by atoms with Gasteiger partial charge in [-0.1, -0.05) is 0 Å². The molecule has 0 saturated heterocycles. The number of methoxy groups -OCH3 is 1. The van der Waals surface area contributed by atoms with Gasteiger partial charge in [0.05, 0.1) is 7.11 Å². The van der Waals surface area contributed by atoms with Gasteiger partial charge in [0.25, 0.3) is 0 Å². The predicted octanol–water partition coefficient (Wildman–Crippen LogP) is -0.861. The maximum Gasteiger partial charge on any atom is 0.326 e. The van der Waals surface area contributed by atoms with Crippen molar-refractivity contribution in [1.82, 2.24) is 5.32 Å². The minimum atomic E-state index is -1.17. The second-order valence-corrected chi connectivity index (χ2v) is 2.29. The molecular formula is C7H11NO5. The largest absolute Gasteiger partial charge is 0.480 e. The highest BCUT2D eigenvalue weighted by molar-refractivity contribution is 5.77. The molecule has 0 spiro atoms. The number of carbonyl (C=O) groups excluding carboxylic acids is 2. The molecule has 6 nitrogen and oxygen atoms in total. The summed E-state index contributed by atoms with van der Waals surface area (Å²) >= 11 is 0. The van der Waals surface area contributed by atoms with Gasteiger partial charge in [0.15, 0.2) is 0 Å². The molecular weight excluding hydrogens is 178 g/mol. The Morgan fingerprint density at radius 2 is 2.23 bits per heavy atom. The van der Waals surface area contributed by atoms with Crippen LogP contribution in [0.3, 0.4) is 0 Å². The van der Waals surface area contributed by atoms with E-state index in [0.29, 0.717) is 0 Å². The van der Waals surface area contributed by atoms with Crippen LogP contribution < -0.4 is 5.32 Å². The van der Waals surface area contributed by atoms with Crippen LogP contribution in [0.1, 0.15) is 12.8 Å². The Labute approximate surface area is 74.9 Å². The molecule has 13 heavy (non-hydrogen) atoms. The number of esters is 1. The number of hydrogen-bond acceptors (Lipinski definition) is 4. The molecule has 0 rings (SSSR count). The lowest BCUT2D eigenvalue weighted by atomic mass is 10.1. The molecule has 0 fully saturated rings. The summed E-state index contributed by atoms with van der Waals surface area (Å²) in [4.78, 5) is 31.0. The highest BCUT2D eigenvalue weighted by atomic mass is 16.5. The molecule has 74 valence electrons. The van der Waals surface area contributed by atoms with Gasteiger partial charge in [-0.25, -0.2) is 4.79 Å². The summed E-state index contributed by atoms with van der Waals surface area (Å²) in [5.41, 5.74) is 0. The van der Waals surface area contributed by atoms with Crippen molar-refractivity contribution >= 4 is 18.3 Å². The third kappa shape index (κ3) is 4.78. The van der Waals surface area contributed by atoms with Gasteiger partial charge in [-0.2, -0.15) is 0 Å². The maximum atomic E-state index is 10.6. The van der Waals surface area contributed by atoms with Gasteiger partial charge in [-0.05, 0) is 6.42 Å². The van der Waals surface area contributed by atoms with Gasteiger partial charge in [0.1, 0.15) is 6.04 Å². The lowest BCUT2D eigenvalue weighted by molar-refractivity contribution is -0.143. The van der Waals surface area contributed by atoms with Crippen LogP contribution in [-0.4, -0.2) is 36.6 Å². The number of aliphatic carboxylic acids is 1. The first-order valence-corrected chi connectivity index (χ1v) is 3.61. The summed E-state index contributed by atoms with van der Waals surface area (Å²) in [6.07, 6.45) is 0.283. The van der Waals surface area contributed by atoms with E-state index in [1.807, 2.05) is 0 Å². The first-order chi connectivity index (χ1) is 6.11. The van der Waals surface area contributed by atoms with Crippen molar-refractivity contribution in [3.05, 3.63) is 0 Å². The number of carboxylic acids is 1. The monoisotopic (exact) mass is 189 g/mol. The van der Waals surface area contributed by atoms with Crippen LogP contribution >= 0.6 is 0 Å². The fourth-order valence-electron chi connectivity index (χ4n) is 0.724. The number of carboxylic acid groups (broad SMARTS) is 1. The van der Waals surface area contributed by atoms with Crippen LogP contribution in [0.2, 0.25) is 0 Å². The van der Waals surface area contributed by atoms with Crippen LogP contribution in [0, 0.1) is 0 Å². The molecule has 0 radical (unpaired) electrons. The van der Waals surface area contributed by atoms with Crippen molar-refractivity contribution in [2.24, 2.45) is 0 Å².